The summed E-state index contributed by atoms with van der Waals surface area (Å²) in [5, 5.41) is 8.56. The molecule has 120 valence electrons. The lowest BCUT2D eigenvalue weighted by Crippen LogP contribution is -2.23. The van der Waals surface area contributed by atoms with Gasteiger partial charge in [-0.15, -0.1) is 0 Å². The Morgan fingerprint density at radius 2 is 1.78 bits per heavy atom. The summed E-state index contributed by atoms with van der Waals surface area (Å²) in [5.74, 6) is 0.505. The lowest BCUT2D eigenvalue weighted by molar-refractivity contribution is 0.867. The summed E-state index contributed by atoms with van der Waals surface area (Å²) in [7, 11) is 0. The lowest BCUT2D eigenvalue weighted by Gasteiger charge is -2.09. The molecule has 0 bridgehead atoms. The van der Waals surface area contributed by atoms with Crippen molar-refractivity contribution in [3.8, 4) is 0 Å². The van der Waals surface area contributed by atoms with Crippen molar-refractivity contribution < 1.29 is 0 Å². The molecule has 0 saturated heterocycles. The first kappa shape index (κ1) is 17.7. The van der Waals surface area contributed by atoms with E-state index < -0.39 is 0 Å². The Morgan fingerprint density at radius 3 is 2.39 bits per heavy atom. The number of hydrogen-bond donors (Lipinski definition) is 2. The van der Waals surface area contributed by atoms with Crippen LogP contribution in [0.4, 0.5) is 5.69 Å². The molecule has 0 spiro atoms. The molecule has 0 aliphatic rings. The number of benzene rings is 2. The van der Waals surface area contributed by atoms with Crippen molar-refractivity contribution in [1.29, 1.82) is 0 Å². The maximum Gasteiger partial charge on any atom is 0.191 e. The van der Waals surface area contributed by atoms with E-state index >= 15 is 0 Å². The summed E-state index contributed by atoms with van der Waals surface area (Å²) in [6.45, 7) is 4.32. The van der Waals surface area contributed by atoms with Crippen LogP contribution in [0.1, 0.15) is 30.9 Å². The molecule has 2 aromatic rings. The second-order valence-corrected chi connectivity index (χ2v) is 6.50. The van der Waals surface area contributed by atoms with Crippen LogP contribution in [0.3, 0.4) is 0 Å². The third kappa shape index (κ3) is 5.50. The quantitative estimate of drug-likeness (QED) is 0.430. The Labute approximate surface area is 151 Å². The molecule has 0 heterocycles. The molecule has 0 aliphatic heterocycles. The van der Waals surface area contributed by atoms with Gasteiger partial charge in [0.2, 0.25) is 0 Å². The van der Waals surface area contributed by atoms with Gasteiger partial charge in [-0.1, -0.05) is 55.2 Å². The summed E-state index contributed by atoms with van der Waals surface area (Å²) in [4.78, 5) is 0. The highest BCUT2D eigenvalue weighted by molar-refractivity contribution is 7.80. The Kier molecular flexibility index (Phi) is 6.39. The molecule has 0 fully saturated rings. The van der Waals surface area contributed by atoms with Crippen molar-refractivity contribution in [1.82, 2.24) is 5.43 Å². The van der Waals surface area contributed by atoms with Gasteiger partial charge in [-0.3, -0.25) is 5.43 Å². The minimum absolute atomic E-state index is 0.415. The van der Waals surface area contributed by atoms with Crippen molar-refractivity contribution in [2.24, 2.45) is 5.10 Å². The molecule has 2 rings (SSSR count). The number of anilines is 1. The summed E-state index contributed by atoms with van der Waals surface area (Å²) < 4.78 is 0. The van der Waals surface area contributed by atoms with Crippen LogP contribution in [0.2, 0.25) is 10.0 Å². The molecule has 2 N–H and O–H groups in total. The first-order valence-corrected chi connectivity index (χ1v) is 8.27. The molecule has 3 nitrogen and oxygen atoms in total. The van der Waals surface area contributed by atoms with Gasteiger partial charge in [0, 0.05) is 5.69 Å². The van der Waals surface area contributed by atoms with E-state index in [0.29, 0.717) is 21.1 Å². The Hall–Kier alpha value is -1.62. The van der Waals surface area contributed by atoms with Crippen LogP contribution >= 0.6 is 35.4 Å². The number of nitrogens with zero attached hydrogens (tertiary/aromatic N) is 1. The maximum atomic E-state index is 5.95. The van der Waals surface area contributed by atoms with Gasteiger partial charge in [0.25, 0.3) is 0 Å². The molecule has 2 aromatic carbocycles. The largest absolute Gasteiger partial charge is 0.331 e. The smallest absolute Gasteiger partial charge is 0.191 e. The number of thiocarbonyl (C=S) groups is 1. The van der Waals surface area contributed by atoms with Gasteiger partial charge in [-0.25, -0.2) is 0 Å². The first-order valence-electron chi connectivity index (χ1n) is 7.11. The summed E-state index contributed by atoms with van der Waals surface area (Å²) in [6, 6.07) is 13.4. The van der Waals surface area contributed by atoms with Crippen LogP contribution < -0.4 is 10.7 Å². The second-order valence-electron chi connectivity index (χ2n) is 5.27. The van der Waals surface area contributed by atoms with Gasteiger partial charge in [-0.2, -0.15) is 5.10 Å². The van der Waals surface area contributed by atoms with Crippen LogP contribution in [-0.2, 0) is 0 Å². The lowest BCUT2D eigenvalue weighted by atomic mass is 10.0. The monoisotopic (exact) mass is 365 g/mol. The van der Waals surface area contributed by atoms with E-state index in [2.05, 4.69) is 41.8 Å². The van der Waals surface area contributed by atoms with E-state index in [1.54, 1.807) is 18.3 Å². The standard InChI is InChI=1S/C17H17Cl2N3S/c1-11(2)13-4-6-14(7-5-13)21-17(23)22-20-10-12-3-8-15(18)16(19)9-12/h3-11H,1-2H3,(H2,21,22,23)/b20-10-. The van der Waals surface area contributed by atoms with E-state index in [1.165, 1.54) is 5.56 Å². The fourth-order valence-electron chi connectivity index (χ4n) is 1.87. The van der Waals surface area contributed by atoms with E-state index in [-0.39, 0.29) is 0 Å². The van der Waals surface area contributed by atoms with E-state index in [4.69, 9.17) is 35.4 Å². The van der Waals surface area contributed by atoms with Crippen LogP contribution in [0.25, 0.3) is 0 Å². The highest BCUT2D eigenvalue weighted by atomic mass is 35.5. The molecular weight excluding hydrogens is 349 g/mol. The maximum absolute atomic E-state index is 5.95. The molecule has 0 unspecified atom stereocenters. The van der Waals surface area contributed by atoms with E-state index in [9.17, 15) is 0 Å². The Morgan fingerprint density at radius 1 is 1.09 bits per heavy atom. The zero-order valence-corrected chi connectivity index (χ0v) is 15.1. The topological polar surface area (TPSA) is 36.4 Å². The van der Waals surface area contributed by atoms with Gasteiger partial charge in [0.05, 0.1) is 16.3 Å². The Bertz CT molecular complexity index is 712. The van der Waals surface area contributed by atoms with Crippen LogP contribution in [0.5, 0.6) is 0 Å². The Balaban J connectivity index is 1.89. The summed E-state index contributed by atoms with van der Waals surface area (Å²) in [5.41, 5.74) is 5.79. The first-order chi connectivity index (χ1) is 11.0. The average Bonchev–Trinajstić information content (AvgIpc) is 2.51. The molecule has 0 atom stereocenters. The van der Waals surface area contributed by atoms with Crippen molar-refractivity contribution in [3.05, 3.63) is 63.6 Å². The van der Waals surface area contributed by atoms with Crippen LogP contribution in [0, 0.1) is 0 Å². The molecule has 0 saturated carbocycles. The van der Waals surface area contributed by atoms with E-state index in [0.717, 1.165) is 11.3 Å². The second kappa shape index (κ2) is 8.29. The van der Waals surface area contributed by atoms with Gasteiger partial charge in [-0.05, 0) is 53.5 Å². The molecule has 23 heavy (non-hydrogen) atoms. The molecule has 6 heteroatoms. The molecule has 0 amide bonds. The summed E-state index contributed by atoms with van der Waals surface area (Å²) in [6.07, 6.45) is 1.62. The van der Waals surface area contributed by atoms with Crippen LogP contribution in [-0.4, -0.2) is 11.3 Å². The SMILES string of the molecule is CC(C)c1ccc(NC(=S)N/N=C\c2ccc(Cl)c(Cl)c2)cc1. The normalized spacial score (nSPS) is 11.0. The minimum Gasteiger partial charge on any atom is -0.331 e. The van der Waals surface area contributed by atoms with Crippen molar-refractivity contribution >= 4 is 52.4 Å². The van der Waals surface area contributed by atoms with Crippen LogP contribution in [0.15, 0.2) is 47.6 Å². The fourth-order valence-corrected chi connectivity index (χ4v) is 2.35. The number of hydrazone groups is 1. The molecule has 0 aliphatic carbocycles. The third-order valence-electron chi connectivity index (χ3n) is 3.16. The average molecular weight is 366 g/mol. The molecule has 0 radical (unpaired) electrons. The van der Waals surface area contributed by atoms with Gasteiger partial charge < -0.3 is 5.32 Å². The highest BCUT2D eigenvalue weighted by Gasteiger charge is 2.00. The van der Waals surface area contributed by atoms with Gasteiger partial charge >= 0.3 is 0 Å². The molecular formula is C17H17Cl2N3S. The number of hydrogen-bond acceptors (Lipinski definition) is 2. The highest BCUT2D eigenvalue weighted by Crippen LogP contribution is 2.21. The van der Waals surface area contributed by atoms with Crippen molar-refractivity contribution in [2.45, 2.75) is 19.8 Å². The number of halogens is 2. The van der Waals surface area contributed by atoms with Crippen molar-refractivity contribution in [3.63, 3.8) is 0 Å². The number of nitrogens with one attached hydrogen (secondary N) is 2. The zero-order chi connectivity index (χ0) is 16.8. The third-order valence-corrected chi connectivity index (χ3v) is 4.09. The van der Waals surface area contributed by atoms with E-state index in [1.807, 2.05) is 18.2 Å². The molecule has 0 aromatic heterocycles. The van der Waals surface area contributed by atoms with Crippen molar-refractivity contribution in [2.75, 3.05) is 5.32 Å². The summed E-state index contributed by atoms with van der Waals surface area (Å²) >= 11 is 17.0. The van der Waals surface area contributed by atoms with Gasteiger partial charge in [0.15, 0.2) is 5.11 Å². The minimum atomic E-state index is 0.415. The predicted molar refractivity (Wildman–Crippen MR) is 104 cm³/mol. The predicted octanol–water partition coefficient (Wildman–Crippen LogP) is 5.44. The fraction of sp³-hybridized carbons (Fsp3) is 0.176. The number of rotatable bonds is 4. The zero-order valence-electron chi connectivity index (χ0n) is 12.8. The van der Waals surface area contributed by atoms with Gasteiger partial charge in [0.1, 0.15) is 0 Å².